The third kappa shape index (κ3) is 1.32. The van der Waals surface area contributed by atoms with Gasteiger partial charge in [-0.2, -0.15) is 0 Å². The number of hydrogen-bond donors (Lipinski definition) is 0. The Balaban J connectivity index is 1.93. The van der Waals surface area contributed by atoms with Crippen LogP contribution < -0.4 is 0 Å². The molecule has 0 unspecified atom stereocenters. The van der Waals surface area contributed by atoms with E-state index in [1.165, 1.54) is 5.56 Å². The maximum atomic E-state index is 11.7. The normalized spacial score (nSPS) is 31.9. The molecule has 3 rings (SSSR count). The van der Waals surface area contributed by atoms with Crippen molar-refractivity contribution in [1.82, 2.24) is 4.98 Å². The molecule has 1 aromatic rings. The molecular weight excluding hydrogens is 270 g/mol. The highest BCUT2D eigenvalue weighted by atomic mass is 79.9. The monoisotopic (exact) mass is 281 g/mol. The largest absolute Gasteiger partial charge is 0.465 e. The SMILES string of the molecule is Cc1nc(Br)ccc1[C@H]1C[C@@]12CCOC2=O. The third-order valence-corrected chi connectivity index (χ3v) is 4.17. The van der Waals surface area contributed by atoms with Gasteiger partial charge in [-0.15, -0.1) is 0 Å². The summed E-state index contributed by atoms with van der Waals surface area (Å²) in [5.41, 5.74) is 2.00. The first-order valence-electron chi connectivity index (χ1n) is 5.44. The van der Waals surface area contributed by atoms with Gasteiger partial charge in [-0.05, 0) is 47.3 Å². The van der Waals surface area contributed by atoms with Crippen LogP contribution in [0.5, 0.6) is 0 Å². The van der Waals surface area contributed by atoms with Gasteiger partial charge in [0.25, 0.3) is 0 Å². The van der Waals surface area contributed by atoms with Gasteiger partial charge in [-0.3, -0.25) is 4.79 Å². The van der Waals surface area contributed by atoms with Crippen molar-refractivity contribution in [3.8, 4) is 0 Å². The average molecular weight is 282 g/mol. The first-order chi connectivity index (χ1) is 7.63. The van der Waals surface area contributed by atoms with E-state index < -0.39 is 0 Å². The van der Waals surface area contributed by atoms with Crippen molar-refractivity contribution in [3.63, 3.8) is 0 Å². The topological polar surface area (TPSA) is 39.2 Å². The molecule has 2 aliphatic rings. The summed E-state index contributed by atoms with van der Waals surface area (Å²) in [5, 5.41) is 0. The number of rotatable bonds is 1. The Morgan fingerprint density at radius 3 is 3.00 bits per heavy atom. The van der Waals surface area contributed by atoms with Crippen LogP contribution in [0.4, 0.5) is 0 Å². The Labute approximate surface area is 102 Å². The van der Waals surface area contributed by atoms with Crippen molar-refractivity contribution >= 4 is 21.9 Å². The number of pyridine rings is 1. The summed E-state index contributed by atoms with van der Waals surface area (Å²) in [6.45, 7) is 2.57. The number of aromatic nitrogens is 1. The van der Waals surface area contributed by atoms with Crippen molar-refractivity contribution in [2.75, 3.05) is 6.61 Å². The molecule has 84 valence electrons. The molecule has 2 heterocycles. The van der Waals surface area contributed by atoms with Crippen LogP contribution >= 0.6 is 15.9 Å². The summed E-state index contributed by atoms with van der Waals surface area (Å²) in [5.74, 6) is 0.308. The molecular formula is C12H12BrNO2. The summed E-state index contributed by atoms with van der Waals surface area (Å²) in [7, 11) is 0. The summed E-state index contributed by atoms with van der Waals surface area (Å²) >= 11 is 3.35. The second-order valence-electron chi connectivity index (χ2n) is 4.61. The molecule has 0 radical (unpaired) electrons. The van der Waals surface area contributed by atoms with Crippen LogP contribution in [0.15, 0.2) is 16.7 Å². The second kappa shape index (κ2) is 3.29. The van der Waals surface area contributed by atoms with Crippen molar-refractivity contribution < 1.29 is 9.53 Å². The molecule has 0 aromatic carbocycles. The number of carbonyl (C=O) groups excluding carboxylic acids is 1. The lowest BCUT2D eigenvalue weighted by atomic mass is 9.97. The smallest absolute Gasteiger partial charge is 0.312 e. The molecule has 1 aromatic heterocycles. The minimum atomic E-state index is -0.208. The number of nitrogens with zero attached hydrogens (tertiary/aromatic N) is 1. The molecule has 1 aliphatic heterocycles. The molecule has 3 nitrogen and oxygen atoms in total. The third-order valence-electron chi connectivity index (χ3n) is 3.73. The molecule has 1 saturated carbocycles. The molecule has 2 fully saturated rings. The van der Waals surface area contributed by atoms with Crippen molar-refractivity contribution in [1.29, 1.82) is 0 Å². The van der Waals surface area contributed by atoms with Gasteiger partial charge in [0.1, 0.15) is 4.60 Å². The first-order valence-corrected chi connectivity index (χ1v) is 6.23. The van der Waals surface area contributed by atoms with Gasteiger partial charge >= 0.3 is 5.97 Å². The van der Waals surface area contributed by atoms with Gasteiger partial charge in [0.2, 0.25) is 0 Å². The molecule has 1 spiro atoms. The molecule has 0 bridgehead atoms. The summed E-state index contributed by atoms with van der Waals surface area (Å²) in [4.78, 5) is 16.0. The first kappa shape index (κ1) is 10.3. The average Bonchev–Trinajstić information content (AvgIpc) is 2.82. The lowest BCUT2D eigenvalue weighted by molar-refractivity contribution is -0.142. The predicted octanol–water partition coefficient (Wildman–Crippen LogP) is 2.57. The van der Waals surface area contributed by atoms with Crippen molar-refractivity contribution in [2.24, 2.45) is 5.41 Å². The number of halogens is 1. The van der Waals surface area contributed by atoms with Crippen LogP contribution in [0.25, 0.3) is 0 Å². The number of ether oxygens (including phenoxy) is 1. The number of carbonyl (C=O) groups is 1. The molecule has 0 amide bonds. The summed E-state index contributed by atoms with van der Waals surface area (Å²) < 4.78 is 5.92. The molecule has 16 heavy (non-hydrogen) atoms. The highest BCUT2D eigenvalue weighted by Crippen LogP contribution is 2.64. The van der Waals surface area contributed by atoms with E-state index in [-0.39, 0.29) is 11.4 Å². The predicted molar refractivity (Wildman–Crippen MR) is 62.0 cm³/mol. The van der Waals surface area contributed by atoms with Gasteiger partial charge in [0, 0.05) is 11.6 Å². The molecule has 4 heteroatoms. The minimum absolute atomic E-state index is 0.0141. The quantitative estimate of drug-likeness (QED) is 0.587. The maximum Gasteiger partial charge on any atom is 0.312 e. The van der Waals surface area contributed by atoms with Crippen LogP contribution in [-0.4, -0.2) is 17.6 Å². The van der Waals surface area contributed by atoms with Crippen LogP contribution in [0.3, 0.4) is 0 Å². The molecule has 1 saturated heterocycles. The van der Waals surface area contributed by atoms with E-state index in [1.807, 2.05) is 13.0 Å². The zero-order chi connectivity index (χ0) is 11.3. The fourth-order valence-electron chi connectivity index (χ4n) is 2.70. The Morgan fingerprint density at radius 1 is 1.56 bits per heavy atom. The number of aryl methyl sites for hydroxylation is 1. The van der Waals surface area contributed by atoms with Gasteiger partial charge < -0.3 is 4.74 Å². The number of cyclic esters (lactones) is 1. The standard InChI is InChI=1S/C12H12BrNO2/c1-7-8(2-3-10(13)14-7)9-6-12(9)4-5-16-11(12)15/h2-3,9H,4-6H2,1H3/t9-,12+/m1/s1. The Morgan fingerprint density at radius 2 is 2.38 bits per heavy atom. The fraction of sp³-hybridized carbons (Fsp3) is 0.500. The summed E-state index contributed by atoms with van der Waals surface area (Å²) in [6.07, 6.45) is 1.79. The maximum absolute atomic E-state index is 11.7. The zero-order valence-corrected chi connectivity index (χ0v) is 10.6. The Kier molecular flexibility index (Phi) is 2.11. The van der Waals surface area contributed by atoms with Crippen LogP contribution in [0.2, 0.25) is 0 Å². The fourth-order valence-corrected chi connectivity index (χ4v) is 3.09. The van der Waals surface area contributed by atoms with Crippen molar-refractivity contribution in [2.45, 2.75) is 25.7 Å². The van der Waals surface area contributed by atoms with Gasteiger partial charge in [-0.1, -0.05) is 6.07 Å². The van der Waals surface area contributed by atoms with E-state index >= 15 is 0 Å². The van der Waals surface area contributed by atoms with Gasteiger partial charge in [0.15, 0.2) is 0 Å². The lowest BCUT2D eigenvalue weighted by Gasteiger charge is -2.07. The molecule has 0 N–H and O–H groups in total. The summed E-state index contributed by atoms with van der Waals surface area (Å²) in [6, 6.07) is 4.01. The van der Waals surface area contributed by atoms with Crippen LogP contribution in [0, 0.1) is 12.3 Å². The van der Waals surface area contributed by atoms with E-state index in [9.17, 15) is 4.79 Å². The lowest BCUT2D eigenvalue weighted by Crippen LogP contribution is -2.11. The van der Waals surface area contributed by atoms with E-state index in [4.69, 9.17) is 4.74 Å². The number of esters is 1. The Bertz CT molecular complexity index is 474. The van der Waals surface area contributed by atoms with Crippen LogP contribution in [-0.2, 0) is 9.53 Å². The van der Waals surface area contributed by atoms with Gasteiger partial charge in [0.05, 0.1) is 12.0 Å². The zero-order valence-electron chi connectivity index (χ0n) is 9.00. The highest BCUT2D eigenvalue weighted by Gasteiger charge is 2.64. The second-order valence-corrected chi connectivity index (χ2v) is 5.42. The minimum Gasteiger partial charge on any atom is -0.465 e. The number of hydrogen-bond acceptors (Lipinski definition) is 3. The van der Waals surface area contributed by atoms with Crippen molar-refractivity contribution in [3.05, 3.63) is 28.0 Å². The van der Waals surface area contributed by atoms with E-state index in [0.717, 1.165) is 23.1 Å². The van der Waals surface area contributed by atoms with E-state index in [2.05, 4.69) is 27.0 Å². The molecule has 1 aliphatic carbocycles. The van der Waals surface area contributed by atoms with Crippen LogP contribution in [0.1, 0.15) is 30.0 Å². The molecule has 2 atom stereocenters. The van der Waals surface area contributed by atoms with E-state index in [0.29, 0.717) is 12.5 Å². The Hall–Kier alpha value is -0.900. The van der Waals surface area contributed by atoms with E-state index in [1.54, 1.807) is 0 Å². The highest BCUT2D eigenvalue weighted by molar-refractivity contribution is 9.10. The van der Waals surface area contributed by atoms with Gasteiger partial charge in [-0.25, -0.2) is 4.98 Å².